The number of amides is 2. The summed E-state index contributed by atoms with van der Waals surface area (Å²) in [6.45, 7) is 2.25. The molecule has 1 fully saturated rings. The summed E-state index contributed by atoms with van der Waals surface area (Å²) < 4.78 is 7.31. The fourth-order valence-electron chi connectivity index (χ4n) is 3.80. The highest BCUT2D eigenvalue weighted by Crippen LogP contribution is 2.21. The van der Waals surface area contributed by atoms with Gasteiger partial charge in [0.1, 0.15) is 5.75 Å². The van der Waals surface area contributed by atoms with Crippen molar-refractivity contribution in [2.75, 3.05) is 33.3 Å². The van der Waals surface area contributed by atoms with E-state index in [1.165, 1.54) is 0 Å². The molecule has 1 saturated heterocycles. The molecule has 3 aromatic rings. The minimum absolute atomic E-state index is 0.00408. The highest BCUT2D eigenvalue weighted by atomic mass is 16.5. The maximum atomic E-state index is 13.1. The number of carbonyl (C=O) groups excluding carboxylic acids is 2. The quantitative estimate of drug-likeness (QED) is 0.670. The Morgan fingerprint density at radius 3 is 2.23 bits per heavy atom. The van der Waals surface area contributed by atoms with Gasteiger partial charge in [0.05, 0.1) is 12.7 Å². The normalized spacial score (nSPS) is 14.3. The smallest absolute Gasteiger partial charge is 0.257 e. The fraction of sp³-hybridized carbons (Fsp3) is 0.250. The molecule has 154 valence electrons. The van der Waals surface area contributed by atoms with Crippen molar-refractivity contribution in [1.82, 2.24) is 14.4 Å². The van der Waals surface area contributed by atoms with Crippen LogP contribution in [-0.4, -0.2) is 59.5 Å². The van der Waals surface area contributed by atoms with E-state index in [4.69, 9.17) is 4.74 Å². The van der Waals surface area contributed by atoms with Gasteiger partial charge in [-0.05, 0) is 48.9 Å². The van der Waals surface area contributed by atoms with Crippen LogP contribution < -0.4 is 4.74 Å². The van der Waals surface area contributed by atoms with Gasteiger partial charge in [0.2, 0.25) is 0 Å². The van der Waals surface area contributed by atoms with E-state index >= 15 is 0 Å². The van der Waals surface area contributed by atoms with Crippen molar-refractivity contribution in [3.63, 3.8) is 0 Å². The van der Waals surface area contributed by atoms with Gasteiger partial charge in [-0.2, -0.15) is 0 Å². The molecule has 0 unspecified atom stereocenters. The average molecular weight is 403 g/mol. The van der Waals surface area contributed by atoms with Gasteiger partial charge in [-0.15, -0.1) is 0 Å². The average Bonchev–Trinajstić information content (AvgIpc) is 3.23. The Labute approximate surface area is 176 Å². The van der Waals surface area contributed by atoms with E-state index in [0.29, 0.717) is 43.1 Å². The molecular formula is C24H25N3O3. The van der Waals surface area contributed by atoms with E-state index in [1.54, 1.807) is 24.1 Å². The zero-order chi connectivity index (χ0) is 20.9. The number of carbonyl (C=O) groups is 2. The Hall–Kier alpha value is -3.54. The number of para-hydroxylation sites is 1. The first-order chi connectivity index (χ1) is 14.7. The maximum absolute atomic E-state index is 13.1. The predicted molar refractivity (Wildman–Crippen MR) is 115 cm³/mol. The van der Waals surface area contributed by atoms with Crippen molar-refractivity contribution in [3.8, 4) is 11.4 Å². The fourth-order valence-corrected chi connectivity index (χ4v) is 3.80. The van der Waals surface area contributed by atoms with Crippen LogP contribution in [-0.2, 0) is 0 Å². The topological polar surface area (TPSA) is 54.8 Å². The summed E-state index contributed by atoms with van der Waals surface area (Å²) in [7, 11) is 1.57. The molecule has 0 bridgehead atoms. The zero-order valence-electron chi connectivity index (χ0n) is 17.0. The molecule has 1 aliphatic rings. The van der Waals surface area contributed by atoms with Crippen LogP contribution >= 0.6 is 0 Å². The summed E-state index contributed by atoms with van der Waals surface area (Å²) in [5.41, 5.74) is 2.17. The molecule has 30 heavy (non-hydrogen) atoms. The number of ether oxygens (including phenoxy) is 1. The predicted octanol–water partition coefficient (Wildman–Crippen LogP) is 3.47. The van der Waals surface area contributed by atoms with Gasteiger partial charge in [0.15, 0.2) is 0 Å². The first kappa shape index (κ1) is 19.8. The van der Waals surface area contributed by atoms with Gasteiger partial charge < -0.3 is 19.1 Å². The molecule has 4 rings (SSSR count). The third kappa shape index (κ3) is 4.08. The Balaban J connectivity index is 1.46. The lowest BCUT2D eigenvalue weighted by Gasteiger charge is -2.23. The highest BCUT2D eigenvalue weighted by Gasteiger charge is 2.25. The molecule has 6 nitrogen and oxygen atoms in total. The first-order valence-corrected chi connectivity index (χ1v) is 10.1. The standard InChI is InChI=1S/C24H25N3O3/c1-30-22-11-3-2-10-21(22)24(29)27-15-7-14-26(16-17-27)23(28)19-8-6-9-20(18-19)25-12-4-5-13-25/h2-6,8-13,18H,7,14-17H2,1H3. The maximum Gasteiger partial charge on any atom is 0.257 e. The van der Waals surface area contributed by atoms with Crippen LogP contribution in [0.1, 0.15) is 27.1 Å². The van der Waals surface area contributed by atoms with Crippen molar-refractivity contribution in [3.05, 3.63) is 84.2 Å². The third-order valence-electron chi connectivity index (χ3n) is 5.40. The van der Waals surface area contributed by atoms with Crippen LogP contribution in [0.15, 0.2) is 73.1 Å². The third-order valence-corrected chi connectivity index (χ3v) is 5.40. The van der Waals surface area contributed by atoms with Crippen molar-refractivity contribution >= 4 is 11.8 Å². The molecule has 6 heteroatoms. The van der Waals surface area contributed by atoms with Gasteiger partial charge in [-0.3, -0.25) is 9.59 Å². The number of aromatic nitrogens is 1. The summed E-state index contributed by atoms with van der Waals surface area (Å²) in [6, 6.07) is 18.8. The number of hydrogen-bond donors (Lipinski definition) is 0. The largest absolute Gasteiger partial charge is 0.496 e. The minimum Gasteiger partial charge on any atom is -0.496 e. The van der Waals surface area contributed by atoms with E-state index in [1.807, 2.05) is 70.4 Å². The van der Waals surface area contributed by atoms with E-state index in [0.717, 1.165) is 12.1 Å². The lowest BCUT2D eigenvalue weighted by atomic mass is 10.1. The molecule has 0 spiro atoms. The van der Waals surface area contributed by atoms with Gasteiger partial charge in [0, 0.05) is 49.8 Å². The van der Waals surface area contributed by atoms with Crippen LogP contribution in [0.2, 0.25) is 0 Å². The molecule has 0 atom stereocenters. The van der Waals surface area contributed by atoms with Gasteiger partial charge in [0.25, 0.3) is 11.8 Å². The highest BCUT2D eigenvalue weighted by molar-refractivity contribution is 5.97. The molecule has 1 aromatic heterocycles. The molecule has 0 saturated carbocycles. The molecule has 0 aliphatic carbocycles. The Morgan fingerprint density at radius 1 is 0.800 bits per heavy atom. The van der Waals surface area contributed by atoms with E-state index in [9.17, 15) is 9.59 Å². The van der Waals surface area contributed by atoms with Gasteiger partial charge in [-0.1, -0.05) is 18.2 Å². The summed E-state index contributed by atoms with van der Waals surface area (Å²) >= 11 is 0. The van der Waals surface area contributed by atoms with E-state index in [2.05, 4.69) is 0 Å². The molecule has 2 heterocycles. The van der Waals surface area contributed by atoms with Crippen LogP contribution in [0.5, 0.6) is 5.75 Å². The number of rotatable bonds is 4. The van der Waals surface area contributed by atoms with Crippen molar-refractivity contribution in [2.45, 2.75) is 6.42 Å². The monoisotopic (exact) mass is 403 g/mol. The second-order valence-corrected chi connectivity index (χ2v) is 7.28. The van der Waals surface area contributed by atoms with Crippen molar-refractivity contribution < 1.29 is 14.3 Å². The first-order valence-electron chi connectivity index (χ1n) is 10.1. The van der Waals surface area contributed by atoms with Crippen molar-refractivity contribution in [2.24, 2.45) is 0 Å². The Kier molecular flexibility index (Phi) is 5.84. The summed E-state index contributed by atoms with van der Waals surface area (Å²) in [5.74, 6) is 0.508. The minimum atomic E-state index is -0.0589. The SMILES string of the molecule is COc1ccccc1C(=O)N1CCCN(C(=O)c2cccc(-n3cccc3)c2)CC1. The Bertz CT molecular complexity index is 1030. The number of nitrogens with zero attached hydrogens (tertiary/aromatic N) is 3. The molecule has 2 aromatic carbocycles. The molecule has 2 amide bonds. The van der Waals surface area contributed by atoms with E-state index in [-0.39, 0.29) is 11.8 Å². The van der Waals surface area contributed by atoms with Crippen LogP contribution in [0, 0.1) is 0 Å². The lowest BCUT2D eigenvalue weighted by Crippen LogP contribution is -2.37. The molecule has 0 N–H and O–H groups in total. The summed E-state index contributed by atoms with van der Waals surface area (Å²) in [5, 5.41) is 0. The molecule has 1 aliphatic heterocycles. The van der Waals surface area contributed by atoms with Crippen LogP contribution in [0.3, 0.4) is 0 Å². The second kappa shape index (κ2) is 8.86. The lowest BCUT2D eigenvalue weighted by molar-refractivity contribution is 0.0717. The van der Waals surface area contributed by atoms with E-state index < -0.39 is 0 Å². The molecule has 0 radical (unpaired) electrons. The van der Waals surface area contributed by atoms with Crippen molar-refractivity contribution in [1.29, 1.82) is 0 Å². The summed E-state index contributed by atoms with van der Waals surface area (Å²) in [6.07, 6.45) is 4.65. The Morgan fingerprint density at radius 2 is 1.50 bits per heavy atom. The van der Waals surface area contributed by atoms with Crippen LogP contribution in [0.25, 0.3) is 5.69 Å². The van der Waals surface area contributed by atoms with Crippen LogP contribution in [0.4, 0.5) is 0 Å². The second-order valence-electron chi connectivity index (χ2n) is 7.28. The van der Waals surface area contributed by atoms with Gasteiger partial charge in [-0.25, -0.2) is 0 Å². The summed E-state index contributed by atoms with van der Waals surface area (Å²) in [4.78, 5) is 29.8. The number of methoxy groups -OCH3 is 1. The molecular weight excluding hydrogens is 378 g/mol. The van der Waals surface area contributed by atoms with Gasteiger partial charge >= 0.3 is 0 Å². The zero-order valence-corrected chi connectivity index (χ0v) is 17.0. The number of benzene rings is 2. The number of hydrogen-bond acceptors (Lipinski definition) is 3.